The van der Waals surface area contributed by atoms with Gasteiger partial charge in [0.05, 0.1) is 23.2 Å². The number of carbonyl (C=O) groups is 1. The van der Waals surface area contributed by atoms with Crippen LogP contribution < -0.4 is 5.32 Å². The molecule has 110 valence electrons. The molecule has 0 aliphatic heterocycles. The number of pyridine rings is 1. The fourth-order valence-electron chi connectivity index (χ4n) is 2.20. The molecule has 0 atom stereocenters. The van der Waals surface area contributed by atoms with Gasteiger partial charge in [0.2, 0.25) is 5.91 Å². The lowest BCUT2D eigenvalue weighted by molar-refractivity contribution is -0.113. The summed E-state index contributed by atoms with van der Waals surface area (Å²) in [5, 5.41) is 3.92. The van der Waals surface area contributed by atoms with Crippen LogP contribution in [0, 0.1) is 6.92 Å². The van der Waals surface area contributed by atoms with Gasteiger partial charge in [-0.1, -0.05) is 36.4 Å². The molecule has 22 heavy (non-hydrogen) atoms. The van der Waals surface area contributed by atoms with Crippen LogP contribution >= 0.6 is 11.8 Å². The van der Waals surface area contributed by atoms with E-state index < -0.39 is 0 Å². The van der Waals surface area contributed by atoms with E-state index in [1.165, 1.54) is 5.56 Å². The van der Waals surface area contributed by atoms with Gasteiger partial charge in [0.25, 0.3) is 0 Å². The molecule has 0 fully saturated rings. The first kappa shape index (κ1) is 14.6. The Morgan fingerprint density at radius 2 is 1.91 bits per heavy atom. The van der Waals surface area contributed by atoms with Crippen LogP contribution in [-0.4, -0.2) is 16.6 Å². The van der Waals surface area contributed by atoms with Crippen molar-refractivity contribution >= 4 is 34.3 Å². The summed E-state index contributed by atoms with van der Waals surface area (Å²) in [6.45, 7) is 2.05. The van der Waals surface area contributed by atoms with Gasteiger partial charge < -0.3 is 5.32 Å². The molecule has 3 aromatic rings. The topological polar surface area (TPSA) is 42.0 Å². The minimum absolute atomic E-state index is 0.0228. The number of hydrogen-bond acceptors (Lipinski definition) is 3. The molecule has 0 saturated carbocycles. The first-order chi connectivity index (χ1) is 10.7. The first-order valence-electron chi connectivity index (χ1n) is 7.05. The SMILES string of the molecule is Cc1ccccc1SCC(=O)Nc1cnc2ccccc2c1. The average molecular weight is 308 g/mol. The van der Waals surface area contributed by atoms with E-state index in [9.17, 15) is 4.79 Å². The lowest BCUT2D eigenvalue weighted by Gasteiger charge is -2.07. The number of nitrogens with zero attached hydrogens (tertiary/aromatic N) is 1. The Kier molecular flexibility index (Phi) is 4.39. The largest absolute Gasteiger partial charge is 0.324 e. The van der Waals surface area contributed by atoms with Crippen LogP contribution in [0.25, 0.3) is 10.9 Å². The van der Waals surface area contributed by atoms with E-state index in [-0.39, 0.29) is 5.91 Å². The highest BCUT2D eigenvalue weighted by molar-refractivity contribution is 8.00. The predicted octanol–water partition coefficient (Wildman–Crippen LogP) is 4.27. The van der Waals surface area contributed by atoms with Gasteiger partial charge in [-0.15, -0.1) is 11.8 Å². The lowest BCUT2D eigenvalue weighted by atomic mass is 10.2. The van der Waals surface area contributed by atoms with Crippen LogP contribution in [0.4, 0.5) is 5.69 Å². The van der Waals surface area contributed by atoms with Gasteiger partial charge in [-0.3, -0.25) is 9.78 Å². The zero-order chi connectivity index (χ0) is 15.4. The maximum absolute atomic E-state index is 12.1. The molecule has 0 radical (unpaired) electrons. The molecule has 2 aromatic carbocycles. The van der Waals surface area contributed by atoms with Crippen LogP contribution in [0.1, 0.15) is 5.56 Å². The molecule has 1 N–H and O–H groups in total. The van der Waals surface area contributed by atoms with E-state index in [4.69, 9.17) is 0 Å². The Balaban J connectivity index is 1.64. The number of fused-ring (bicyclic) bond motifs is 1. The van der Waals surface area contributed by atoms with Crippen molar-refractivity contribution in [3.63, 3.8) is 0 Å². The third-order valence-electron chi connectivity index (χ3n) is 3.33. The van der Waals surface area contributed by atoms with Gasteiger partial charge in [0, 0.05) is 10.3 Å². The second-order valence-corrected chi connectivity index (χ2v) is 6.04. The van der Waals surface area contributed by atoms with Crippen LogP contribution in [0.2, 0.25) is 0 Å². The Labute approximate surface area is 133 Å². The fourth-order valence-corrected chi connectivity index (χ4v) is 3.03. The molecule has 0 unspecified atom stereocenters. The summed E-state index contributed by atoms with van der Waals surface area (Å²) in [5.41, 5.74) is 2.84. The average Bonchev–Trinajstić information content (AvgIpc) is 2.54. The predicted molar refractivity (Wildman–Crippen MR) is 92.3 cm³/mol. The standard InChI is InChI=1S/C18H16N2OS/c1-13-6-2-5-9-17(13)22-12-18(21)20-15-10-14-7-3-4-8-16(14)19-11-15/h2-11H,12H2,1H3,(H,20,21). The molecule has 1 heterocycles. The van der Waals surface area contributed by atoms with E-state index in [1.807, 2.05) is 61.5 Å². The molecule has 0 spiro atoms. The van der Waals surface area contributed by atoms with Gasteiger partial charge in [0.15, 0.2) is 0 Å². The number of hydrogen-bond donors (Lipinski definition) is 1. The molecule has 3 nitrogen and oxygen atoms in total. The molecule has 4 heteroatoms. The van der Waals surface area contributed by atoms with Crippen LogP contribution in [0.3, 0.4) is 0 Å². The van der Waals surface area contributed by atoms with Crippen molar-refractivity contribution in [1.82, 2.24) is 4.98 Å². The molecule has 0 aliphatic rings. The smallest absolute Gasteiger partial charge is 0.234 e. The Morgan fingerprint density at radius 3 is 2.77 bits per heavy atom. The third-order valence-corrected chi connectivity index (χ3v) is 4.50. The minimum atomic E-state index is -0.0228. The highest BCUT2D eigenvalue weighted by Crippen LogP contribution is 2.22. The highest BCUT2D eigenvalue weighted by atomic mass is 32.2. The van der Waals surface area contributed by atoms with Gasteiger partial charge in [-0.05, 0) is 30.7 Å². The molecule has 0 saturated heterocycles. The number of anilines is 1. The van der Waals surface area contributed by atoms with Crippen molar-refractivity contribution in [3.8, 4) is 0 Å². The number of para-hydroxylation sites is 1. The number of amides is 1. The minimum Gasteiger partial charge on any atom is -0.324 e. The molecule has 0 aliphatic carbocycles. The monoisotopic (exact) mass is 308 g/mol. The first-order valence-corrected chi connectivity index (χ1v) is 8.04. The second kappa shape index (κ2) is 6.62. The van der Waals surface area contributed by atoms with Crippen molar-refractivity contribution < 1.29 is 4.79 Å². The normalized spacial score (nSPS) is 10.6. The number of carbonyl (C=O) groups excluding carboxylic acids is 1. The number of nitrogens with one attached hydrogen (secondary N) is 1. The Morgan fingerprint density at radius 1 is 1.14 bits per heavy atom. The quantitative estimate of drug-likeness (QED) is 0.732. The number of aryl methyl sites for hydroxylation is 1. The second-order valence-electron chi connectivity index (χ2n) is 5.02. The van der Waals surface area contributed by atoms with Crippen molar-refractivity contribution in [3.05, 3.63) is 66.4 Å². The summed E-state index contributed by atoms with van der Waals surface area (Å²) in [5.74, 6) is 0.364. The summed E-state index contributed by atoms with van der Waals surface area (Å²) in [4.78, 5) is 17.6. The third kappa shape index (κ3) is 3.46. The molecular formula is C18H16N2OS. The number of aromatic nitrogens is 1. The Bertz CT molecular complexity index is 817. The zero-order valence-electron chi connectivity index (χ0n) is 12.2. The summed E-state index contributed by atoms with van der Waals surface area (Å²) < 4.78 is 0. The van der Waals surface area contributed by atoms with Crippen molar-refractivity contribution in [2.24, 2.45) is 0 Å². The summed E-state index contributed by atoms with van der Waals surface area (Å²) in [7, 11) is 0. The van der Waals surface area contributed by atoms with Crippen LogP contribution in [0.15, 0.2) is 65.7 Å². The molecule has 0 bridgehead atoms. The lowest BCUT2D eigenvalue weighted by Crippen LogP contribution is -2.14. The van der Waals surface area contributed by atoms with Crippen LogP contribution in [-0.2, 0) is 4.79 Å². The van der Waals surface area contributed by atoms with E-state index in [0.29, 0.717) is 5.75 Å². The maximum atomic E-state index is 12.1. The van der Waals surface area contributed by atoms with Gasteiger partial charge in [-0.2, -0.15) is 0 Å². The maximum Gasteiger partial charge on any atom is 0.234 e. The van der Waals surface area contributed by atoms with Crippen molar-refractivity contribution in [2.45, 2.75) is 11.8 Å². The molecule has 1 aromatic heterocycles. The highest BCUT2D eigenvalue weighted by Gasteiger charge is 2.06. The zero-order valence-corrected chi connectivity index (χ0v) is 13.1. The molecule has 3 rings (SSSR count). The van der Waals surface area contributed by atoms with Crippen LogP contribution in [0.5, 0.6) is 0 Å². The summed E-state index contributed by atoms with van der Waals surface area (Å²) in [6.07, 6.45) is 1.69. The molecule has 1 amide bonds. The van der Waals surface area contributed by atoms with Gasteiger partial charge >= 0.3 is 0 Å². The number of thioether (sulfide) groups is 1. The van der Waals surface area contributed by atoms with Crippen molar-refractivity contribution in [2.75, 3.05) is 11.1 Å². The van der Waals surface area contributed by atoms with Crippen molar-refractivity contribution in [1.29, 1.82) is 0 Å². The van der Waals surface area contributed by atoms with E-state index >= 15 is 0 Å². The van der Waals surface area contributed by atoms with E-state index in [1.54, 1.807) is 18.0 Å². The molecular weight excluding hydrogens is 292 g/mol. The number of rotatable bonds is 4. The van der Waals surface area contributed by atoms with E-state index in [2.05, 4.69) is 10.3 Å². The number of benzene rings is 2. The van der Waals surface area contributed by atoms with Gasteiger partial charge in [-0.25, -0.2) is 0 Å². The van der Waals surface area contributed by atoms with Gasteiger partial charge in [0.1, 0.15) is 0 Å². The summed E-state index contributed by atoms with van der Waals surface area (Å²) in [6, 6.07) is 17.9. The fraction of sp³-hybridized carbons (Fsp3) is 0.111. The van der Waals surface area contributed by atoms with E-state index in [0.717, 1.165) is 21.5 Å². The Hall–Kier alpha value is -2.33. The summed E-state index contributed by atoms with van der Waals surface area (Å²) >= 11 is 1.55.